The number of carboxylic acids is 1. The lowest BCUT2D eigenvalue weighted by molar-refractivity contribution is 0.0692. The van der Waals surface area contributed by atoms with E-state index in [1.807, 2.05) is 48.5 Å². The van der Waals surface area contributed by atoms with E-state index >= 15 is 0 Å². The second-order valence-electron chi connectivity index (χ2n) is 5.69. The van der Waals surface area contributed by atoms with E-state index in [2.05, 4.69) is 4.98 Å². The summed E-state index contributed by atoms with van der Waals surface area (Å²) in [5.41, 5.74) is 1.67. The molecule has 0 atom stereocenters. The lowest BCUT2D eigenvalue weighted by Gasteiger charge is -2.12. The first-order valence-electron chi connectivity index (χ1n) is 8.35. The number of aromatic nitrogens is 1. The summed E-state index contributed by atoms with van der Waals surface area (Å²) >= 11 is 1.32. The van der Waals surface area contributed by atoms with E-state index in [4.69, 9.17) is 14.2 Å². The number of carboxylic acid groups (broad SMARTS) is 1. The Balaban J connectivity index is 1.98. The molecule has 0 fully saturated rings. The predicted octanol–water partition coefficient (Wildman–Crippen LogP) is 4.70. The van der Waals surface area contributed by atoms with Crippen molar-refractivity contribution in [3.63, 3.8) is 0 Å². The summed E-state index contributed by atoms with van der Waals surface area (Å²) in [6.07, 6.45) is 3.59. The zero-order valence-electron chi connectivity index (χ0n) is 15.6. The molecule has 6 nitrogen and oxygen atoms in total. The van der Waals surface area contributed by atoms with Gasteiger partial charge in [0, 0.05) is 0 Å². The summed E-state index contributed by atoms with van der Waals surface area (Å²) in [7, 11) is 4.65. The van der Waals surface area contributed by atoms with Crippen molar-refractivity contribution in [1.29, 1.82) is 0 Å². The highest BCUT2D eigenvalue weighted by Crippen LogP contribution is 2.39. The van der Waals surface area contributed by atoms with Gasteiger partial charge in [-0.1, -0.05) is 36.4 Å². The molecule has 2 aromatic carbocycles. The standard InChI is InChI=1S/C21H19NO5S/c1-25-15-11-13(12-16(26-2)19(15)27-3)9-10-17-22-18(21(23)24)20(28-17)14-7-5-4-6-8-14/h4-12H,1-3H3,(H,23,24). The van der Waals surface area contributed by atoms with Crippen molar-refractivity contribution in [2.75, 3.05) is 21.3 Å². The summed E-state index contributed by atoms with van der Waals surface area (Å²) < 4.78 is 16.0. The molecule has 7 heteroatoms. The lowest BCUT2D eigenvalue weighted by Crippen LogP contribution is -1.98. The van der Waals surface area contributed by atoms with Crippen LogP contribution in [0.5, 0.6) is 17.2 Å². The van der Waals surface area contributed by atoms with Crippen LogP contribution in [0.15, 0.2) is 42.5 Å². The Hall–Kier alpha value is -3.32. The molecule has 0 bridgehead atoms. The lowest BCUT2D eigenvalue weighted by atomic mass is 10.1. The molecule has 1 aromatic heterocycles. The highest BCUT2D eigenvalue weighted by molar-refractivity contribution is 7.16. The van der Waals surface area contributed by atoms with Crippen LogP contribution < -0.4 is 14.2 Å². The average molecular weight is 397 g/mol. The SMILES string of the molecule is COc1cc(C=Cc2nc(C(=O)O)c(-c3ccccc3)s2)cc(OC)c1OC. The Bertz CT molecular complexity index is 986. The van der Waals surface area contributed by atoms with E-state index in [0.717, 1.165) is 11.1 Å². The van der Waals surface area contributed by atoms with Gasteiger partial charge in [-0.2, -0.15) is 0 Å². The van der Waals surface area contributed by atoms with Gasteiger partial charge in [-0.25, -0.2) is 9.78 Å². The fourth-order valence-corrected chi connectivity index (χ4v) is 3.67. The van der Waals surface area contributed by atoms with Crippen LogP contribution in [0.2, 0.25) is 0 Å². The molecule has 0 unspecified atom stereocenters. The van der Waals surface area contributed by atoms with Gasteiger partial charge in [0.1, 0.15) is 5.01 Å². The van der Waals surface area contributed by atoms with Crippen molar-refractivity contribution in [3.05, 3.63) is 58.7 Å². The van der Waals surface area contributed by atoms with Gasteiger partial charge in [0.2, 0.25) is 5.75 Å². The number of methoxy groups -OCH3 is 3. The minimum absolute atomic E-state index is 0.0424. The van der Waals surface area contributed by atoms with E-state index in [9.17, 15) is 9.90 Å². The molecule has 0 aliphatic heterocycles. The summed E-state index contributed by atoms with van der Waals surface area (Å²) in [5.74, 6) is 0.534. The average Bonchev–Trinajstić information content (AvgIpc) is 3.16. The maximum Gasteiger partial charge on any atom is 0.356 e. The van der Waals surface area contributed by atoms with Crippen LogP contribution >= 0.6 is 11.3 Å². The zero-order chi connectivity index (χ0) is 20.1. The van der Waals surface area contributed by atoms with Crippen LogP contribution in [0.3, 0.4) is 0 Å². The van der Waals surface area contributed by atoms with Gasteiger partial charge in [-0.15, -0.1) is 11.3 Å². The van der Waals surface area contributed by atoms with E-state index in [0.29, 0.717) is 27.1 Å². The zero-order valence-corrected chi connectivity index (χ0v) is 16.4. The van der Waals surface area contributed by atoms with E-state index in [1.165, 1.54) is 11.3 Å². The maximum atomic E-state index is 11.6. The molecule has 1 heterocycles. The first-order chi connectivity index (χ1) is 13.6. The molecule has 3 aromatic rings. The van der Waals surface area contributed by atoms with Gasteiger partial charge in [-0.05, 0) is 29.3 Å². The number of rotatable bonds is 7. The third-order valence-electron chi connectivity index (χ3n) is 3.99. The Labute approximate surface area is 166 Å². The molecule has 144 valence electrons. The smallest absolute Gasteiger partial charge is 0.356 e. The number of aromatic carboxylic acids is 1. The number of carbonyl (C=O) groups is 1. The third kappa shape index (κ3) is 3.99. The van der Waals surface area contributed by atoms with Crippen molar-refractivity contribution >= 4 is 29.5 Å². The molecule has 0 saturated heterocycles. The Morgan fingerprint density at radius 2 is 1.64 bits per heavy atom. The molecular weight excluding hydrogens is 378 g/mol. The molecule has 0 spiro atoms. The predicted molar refractivity (Wildman–Crippen MR) is 110 cm³/mol. The van der Waals surface area contributed by atoms with Crippen molar-refractivity contribution in [1.82, 2.24) is 4.98 Å². The van der Waals surface area contributed by atoms with Crippen molar-refractivity contribution in [3.8, 4) is 27.7 Å². The number of nitrogens with zero attached hydrogens (tertiary/aromatic N) is 1. The first-order valence-corrected chi connectivity index (χ1v) is 9.16. The van der Waals surface area contributed by atoms with E-state index in [-0.39, 0.29) is 5.69 Å². The number of benzene rings is 2. The van der Waals surface area contributed by atoms with Crippen LogP contribution in [0.1, 0.15) is 21.1 Å². The Morgan fingerprint density at radius 3 is 2.18 bits per heavy atom. The van der Waals surface area contributed by atoms with Crippen LogP contribution in [-0.4, -0.2) is 37.4 Å². The highest BCUT2D eigenvalue weighted by Gasteiger charge is 2.18. The highest BCUT2D eigenvalue weighted by atomic mass is 32.1. The minimum Gasteiger partial charge on any atom is -0.493 e. The van der Waals surface area contributed by atoms with Crippen LogP contribution in [-0.2, 0) is 0 Å². The second kappa shape index (κ2) is 8.58. The largest absolute Gasteiger partial charge is 0.493 e. The second-order valence-corrected chi connectivity index (χ2v) is 6.72. The van der Waals surface area contributed by atoms with Gasteiger partial charge >= 0.3 is 5.97 Å². The molecule has 0 aliphatic carbocycles. The van der Waals surface area contributed by atoms with Gasteiger partial charge in [0.25, 0.3) is 0 Å². The molecule has 0 radical (unpaired) electrons. The molecule has 0 amide bonds. The van der Waals surface area contributed by atoms with Crippen molar-refractivity contribution < 1.29 is 24.1 Å². The number of thiazole rings is 1. The summed E-state index contributed by atoms with van der Waals surface area (Å²) in [4.78, 5) is 16.5. The number of hydrogen-bond donors (Lipinski definition) is 1. The van der Waals surface area contributed by atoms with Gasteiger partial charge in [0.15, 0.2) is 17.2 Å². The van der Waals surface area contributed by atoms with Crippen molar-refractivity contribution in [2.24, 2.45) is 0 Å². The van der Waals surface area contributed by atoms with Crippen LogP contribution in [0, 0.1) is 0 Å². The topological polar surface area (TPSA) is 77.9 Å². The summed E-state index contributed by atoms with van der Waals surface area (Å²) in [5, 5.41) is 10.1. The monoisotopic (exact) mass is 397 g/mol. The summed E-state index contributed by atoms with van der Waals surface area (Å²) in [6.45, 7) is 0. The molecule has 0 aliphatic rings. The first kappa shape index (κ1) is 19.4. The Morgan fingerprint density at radius 1 is 1.00 bits per heavy atom. The summed E-state index contributed by atoms with van der Waals surface area (Å²) in [6, 6.07) is 13.0. The molecule has 28 heavy (non-hydrogen) atoms. The van der Waals surface area contributed by atoms with E-state index in [1.54, 1.807) is 27.4 Å². The minimum atomic E-state index is -1.05. The third-order valence-corrected chi connectivity index (χ3v) is 5.06. The molecule has 1 N–H and O–H groups in total. The fraction of sp³-hybridized carbons (Fsp3) is 0.143. The number of ether oxygens (including phenoxy) is 3. The van der Waals surface area contributed by atoms with E-state index < -0.39 is 5.97 Å². The Kier molecular flexibility index (Phi) is 5.96. The molecular formula is C21H19NO5S. The molecule has 0 saturated carbocycles. The van der Waals surface area contributed by atoms with Gasteiger partial charge in [-0.3, -0.25) is 0 Å². The normalized spacial score (nSPS) is 10.8. The van der Waals surface area contributed by atoms with Crippen molar-refractivity contribution in [2.45, 2.75) is 0 Å². The quantitative estimate of drug-likeness (QED) is 0.622. The van der Waals surface area contributed by atoms with Gasteiger partial charge in [0.05, 0.1) is 26.2 Å². The maximum absolute atomic E-state index is 11.6. The fourth-order valence-electron chi connectivity index (χ4n) is 2.70. The van der Waals surface area contributed by atoms with Crippen LogP contribution in [0.4, 0.5) is 0 Å². The van der Waals surface area contributed by atoms with Gasteiger partial charge < -0.3 is 19.3 Å². The number of hydrogen-bond acceptors (Lipinski definition) is 6. The molecule has 3 rings (SSSR count). The van der Waals surface area contributed by atoms with Crippen LogP contribution in [0.25, 0.3) is 22.6 Å².